The lowest BCUT2D eigenvalue weighted by atomic mass is 10.2. The van der Waals surface area contributed by atoms with Gasteiger partial charge in [-0.05, 0) is 38.8 Å². The molecule has 1 amide bonds. The van der Waals surface area contributed by atoms with E-state index >= 15 is 0 Å². The van der Waals surface area contributed by atoms with Gasteiger partial charge in [-0.3, -0.25) is 4.79 Å². The molecule has 0 aromatic carbocycles. The Labute approximate surface area is 117 Å². The SMILES string of the molecule is CCN(CC)C(=O)CSc1nnc(Cl)c(C)c1C. The Balaban J connectivity index is 2.70. The number of amides is 1. The van der Waals surface area contributed by atoms with Crippen LogP contribution in [0.2, 0.25) is 5.15 Å². The molecule has 18 heavy (non-hydrogen) atoms. The van der Waals surface area contributed by atoms with E-state index in [1.807, 2.05) is 27.7 Å². The minimum absolute atomic E-state index is 0.124. The Kier molecular flexibility index (Phi) is 5.88. The molecule has 0 radical (unpaired) electrons. The zero-order valence-corrected chi connectivity index (χ0v) is 12.7. The molecule has 0 atom stereocenters. The summed E-state index contributed by atoms with van der Waals surface area (Å²) in [5.41, 5.74) is 1.91. The molecule has 1 heterocycles. The van der Waals surface area contributed by atoms with Crippen LogP contribution in [-0.2, 0) is 4.79 Å². The minimum atomic E-state index is 0.124. The van der Waals surface area contributed by atoms with Gasteiger partial charge in [0.15, 0.2) is 5.15 Å². The highest BCUT2D eigenvalue weighted by Gasteiger charge is 2.13. The molecule has 0 fully saturated rings. The molecule has 0 aliphatic carbocycles. The average Bonchev–Trinajstić information content (AvgIpc) is 2.36. The number of carbonyl (C=O) groups excluding carboxylic acids is 1. The van der Waals surface area contributed by atoms with Crippen LogP contribution in [0.5, 0.6) is 0 Å². The predicted octanol–water partition coefficient (Wildman–Crippen LogP) is 2.71. The number of aromatic nitrogens is 2. The van der Waals surface area contributed by atoms with Gasteiger partial charge in [-0.1, -0.05) is 23.4 Å². The molecule has 0 N–H and O–H groups in total. The van der Waals surface area contributed by atoms with Crippen LogP contribution >= 0.6 is 23.4 Å². The van der Waals surface area contributed by atoms with Crippen molar-refractivity contribution >= 4 is 29.3 Å². The van der Waals surface area contributed by atoms with Crippen LogP contribution < -0.4 is 0 Å². The monoisotopic (exact) mass is 287 g/mol. The first-order valence-electron chi connectivity index (χ1n) is 5.91. The van der Waals surface area contributed by atoms with Crippen molar-refractivity contribution in [2.24, 2.45) is 0 Å². The summed E-state index contributed by atoms with van der Waals surface area (Å²) in [6, 6.07) is 0. The zero-order chi connectivity index (χ0) is 13.7. The number of nitrogens with zero attached hydrogens (tertiary/aromatic N) is 3. The first-order valence-corrected chi connectivity index (χ1v) is 7.27. The van der Waals surface area contributed by atoms with Crippen molar-refractivity contribution in [3.63, 3.8) is 0 Å². The Hall–Kier alpha value is -0.810. The quantitative estimate of drug-likeness (QED) is 0.781. The van der Waals surface area contributed by atoms with Gasteiger partial charge in [0.25, 0.3) is 0 Å². The summed E-state index contributed by atoms with van der Waals surface area (Å²) < 4.78 is 0. The Morgan fingerprint density at radius 1 is 1.22 bits per heavy atom. The third-order valence-corrected chi connectivity index (χ3v) is 4.28. The van der Waals surface area contributed by atoms with Crippen LogP contribution in [0.1, 0.15) is 25.0 Å². The van der Waals surface area contributed by atoms with Crippen LogP contribution in [0.25, 0.3) is 0 Å². The second kappa shape index (κ2) is 6.95. The third kappa shape index (κ3) is 3.59. The Morgan fingerprint density at radius 3 is 2.39 bits per heavy atom. The molecular weight excluding hydrogens is 270 g/mol. The fourth-order valence-corrected chi connectivity index (χ4v) is 2.58. The summed E-state index contributed by atoms with van der Waals surface area (Å²) in [6.45, 7) is 9.27. The van der Waals surface area contributed by atoms with Crippen molar-refractivity contribution < 1.29 is 4.79 Å². The molecule has 4 nitrogen and oxygen atoms in total. The van der Waals surface area contributed by atoms with Crippen molar-refractivity contribution in [2.45, 2.75) is 32.7 Å². The van der Waals surface area contributed by atoms with Gasteiger partial charge in [0.2, 0.25) is 5.91 Å². The van der Waals surface area contributed by atoms with Gasteiger partial charge >= 0.3 is 0 Å². The van der Waals surface area contributed by atoms with Gasteiger partial charge in [-0.2, -0.15) is 0 Å². The number of rotatable bonds is 5. The van der Waals surface area contributed by atoms with E-state index in [1.165, 1.54) is 11.8 Å². The Bertz CT molecular complexity index is 436. The largest absolute Gasteiger partial charge is 0.343 e. The van der Waals surface area contributed by atoms with Gasteiger partial charge < -0.3 is 4.90 Å². The van der Waals surface area contributed by atoms with Crippen LogP contribution in [-0.4, -0.2) is 39.8 Å². The topological polar surface area (TPSA) is 46.1 Å². The van der Waals surface area contributed by atoms with Gasteiger partial charge in [-0.15, -0.1) is 10.2 Å². The third-order valence-electron chi connectivity index (χ3n) is 2.87. The average molecular weight is 288 g/mol. The second-order valence-corrected chi connectivity index (χ2v) is 5.22. The predicted molar refractivity (Wildman–Crippen MR) is 75.2 cm³/mol. The first-order chi connectivity index (χ1) is 8.51. The van der Waals surface area contributed by atoms with Crippen molar-refractivity contribution in [1.29, 1.82) is 0 Å². The molecule has 0 aliphatic rings. The van der Waals surface area contributed by atoms with Crippen LogP contribution in [0.15, 0.2) is 5.03 Å². The molecule has 1 aromatic rings. The lowest BCUT2D eigenvalue weighted by Gasteiger charge is -2.18. The molecule has 0 bridgehead atoms. The normalized spacial score (nSPS) is 10.5. The number of hydrogen-bond acceptors (Lipinski definition) is 4. The number of thioether (sulfide) groups is 1. The zero-order valence-electron chi connectivity index (χ0n) is 11.2. The van der Waals surface area contributed by atoms with Crippen molar-refractivity contribution in [3.05, 3.63) is 16.3 Å². The maximum Gasteiger partial charge on any atom is 0.232 e. The second-order valence-electron chi connectivity index (χ2n) is 3.90. The van der Waals surface area contributed by atoms with Crippen molar-refractivity contribution in [1.82, 2.24) is 15.1 Å². The molecule has 0 saturated carbocycles. The van der Waals surface area contributed by atoms with E-state index in [0.29, 0.717) is 10.9 Å². The number of hydrogen-bond donors (Lipinski definition) is 0. The molecule has 0 spiro atoms. The summed E-state index contributed by atoms with van der Waals surface area (Å²) in [5, 5.41) is 9.10. The summed E-state index contributed by atoms with van der Waals surface area (Å²) in [6.07, 6.45) is 0. The maximum absolute atomic E-state index is 11.9. The first kappa shape index (κ1) is 15.2. The van der Waals surface area contributed by atoms with Crippen molar-refractivity contribution in [3.8, 4) is 0 Å². The fraction of sp³-hybridized carbons (Fsp3) is 0.583. The molecule has 6 heteroatoms. The number of carbonyl (C=O) groups is 1. The van der Waals surface area contributed by atoms with E-state index in [-0.39, 0.29) is 5.91 Å². The van der Waals surface area contributed by atoms with Crippen molar-refractivity contribution in [2.75, 3.05) is 18.8 Å². The molecular formula is C12H18ClN3OS. The van der Waals surface area contributed by atoms with E-state index in [2.05, 4.69) is 10.2 Å². The lowest BCUT2D eigenvalue weighted by molar-refractivity contribution is -0.127. The van der Waals surface area contributed by atoms with E-state index in [9.17, 15) is 4.79 Å². The van der Waals surface area contributed by atoms with E-state index in [0.717, 1.165) is 29.2 Å². The molecule has 1 aromatic heterocycles. The summed E-state index contributed by atoms with van der Waals surface area (Å²) in [7, 11) is 0. The van der Waals surface area contributed by atoms with E-state index < -0.39 is 0 Å². The van der Waals surface area contributed by atoms with Crippen LogP contribution in [0.3, 0.4) is 0 Å². The maximum atomic E-state index is 11.9. The van der Waals surface area contributed by atoms with Gasteiger partial charge in [0.1, 0.15) is 5.03 Å². The van der Waals surface area contributed by atoms with Gasteiger partial charge in [0.05, 0.1) is 5.75 Å². The smallest absolute Gasteiger partial charge is 0.232 e. The molecule has 1 rings (SSSR count). The minimum Gasteiger partial charge on any atom is -0.343 e. The van der Waals surface area contributed by atoms with E-state index in [4.69, 9.17) is 11.6 Å². The Morgan fingerprint density at radius 2 is 1.83 bits per heavy atom. The van der Waals surface area contributed by atoms with Crippen LogP contribution in [0.4, 0.5) is 0 Å². The summed E-state index contributed by atoms with van der Waals surface area (Å²) >= 11 is 7.30. The lowest BCUT2D eigenvalue weighted by Crippen LogP contribution is -2.31. The fourth-order valence-electron chi connectivity index (χ4n) is 1.49. The highest BCUT2D eigenvalue weighted by Crippen LogP contribution is 2.25. The summed E-state index contributed by atoms with van der Waals surface area (Å²) in [5.74, 6) is 0.511. The standard InChI is InChI=1S/C12H18ClN3OS/c1-5-16(6-2)10(17)7-18-12-9(4)8(3)11(13)14-15-12/h5-7H2,1-4H3. The molecule has 100 valence electrons. The molecule has 0 unspecified atom stereocenters. The highest BCUT2D eigenvalue weighted by molar-refractivity contribution is 7.99. The summed E-state index contributed by atoms with van der Waals surface area (Å²) in [4.78, 5) is 13.7. The van der Waals surface area contributed by atoms with Crippen LogP contribution in [0, 0.1) is 13.8 Å². The van der Waals surface area contributed by atoms with E-state index in [1.54, 1.807) is 4.90 Å². The van der Waals surface area contributed by atoms with Gasteiger partial charge in [0, 0.05) is 13.1 Å². The van der Waals surface area contributed by atoms with Gasteiger partial charge in [-0.25, -0.2) is 0 Å². The highest BCUT2D eigenvalue weighted by atomic mass is 35.5. The molecule has 0 aliphatic heterocycles. The molecule has 0 saturated heterocycles. The number of halogens is 1.